The molecule has 1 aliphatic carbocycles. The number of carbonyl (C=O) groups is 1. The van der Waals surface area contributed by atoms with Crippen LogP contribution < -0.4 is 5.32 Å². The lowest BCUT2D eigenvalue weighted by Gasteiger charge is -2.33. The summed E-state index contributed by atoms with van der Waals surface area (Å²) in [7, 11) is 0. The molecule has 3 heterocycles. The van der Waals surface area contributed by atoms with E-state index in [0.717, 1.165) is 54.4 Å². The van der Waals surface area contributed by atoms with Crippen LogP contribution in [0.4, 0.5) is 0 Å². The first-order valence-electron chi connectivity index (χ1n) is 12.5. The van der Waals surface area contributed by atoms with Crippen LogP contribution in [-0.2, 0) is 17.6 Å². The fourth-order valence-corrected chi connectivity index (χ4v) is 5.40. The number of hydrogen-bond donors (Lipinski definition) is 1. The highest BCUT2D eigenvalue weighted by Gasteiger charge is 2.31. The molecular formula is C29H33Cl2N3O. The highest BCUT2D eigenvalue weighted by atomic mass is 35.5. The zero-order valence-corrected chi connectivity index (χ0v) is 22.0. The van der Waals surface area contributed by atoms with Gasteiger partial charge >= 0.3 is 0 Å². The quantitative estimate of drug-likeness (QED) is 0.489. The van der Waals surface area contributed by atoms with Crippen molar-refractivity contribution in [2.75, 3.05) is 13.1 Å². The van der Waals surface area contributed by atoms with E-state index < -0.39 is 0 Å². The number of nitrogens with one attached hydrogen (secondary N) is 1. The number of rotatable bonds is 2. The number of aromatic nitrogens is 1. The first kappa shape index (κ1) is 25.5. The number of allylic oxidation sites excluding steroid dienone is 2. The summed E-state index contributed by atoms with van der Waals surface area (Å²) < 4.78 is 0. The number of amides is 1. The molecule has 6 heteroatoms. The van der Waals surface area contributed by atoms with E-state index in [9.17, 15) is 4.79 Å². The molecule has 1 fully saturated rings. The maximum absolute atomic E-state index is 12.8. The van der Waals surface area contributed by atoms with Crippen molar-refractivity contribution in [2.45, 2.75) is 58.4 Å². The van der Waals surface area contributed by atoms with Crippen LogP contribution in [0.2, 0.25) is 5.02 Å². The summed E-state index contributed by atoms with van der Waals surface area (Å²) in [6, 6.07) is 10.2. The molecule has 1 aromatic heterocycles. The standard InChI is InChI=1S/C26H25Cl2N3O.C3H8/c27-21-3-4-23-19(14-21)1-2-20-15-22(28)16-30-26(20)25(23)18-7-11-31(12-8-18)24(32)13-17-5-9-29-10-6-17;1-3-2/h3-6,9-10,14-16,26,30H,1-2,7-8,11-13H2;3H2,1-2H3. The molecular weight excluding hydrogens is 477 g/mol. The topological polar surface area (TPSA) is 45.2 Å². The summed E-state index contributed by atoms with van der Waals surface area (Å²) in [5, 5.41) is 5.05. The van der Waals surface area contributed by atoms with Crippen LogP contribution in [0, 0.1) is 0 Å². The Balaban J connectivity index is 0.000000917. The lowest BCUT2D eigenvalue weighted by Crippen LogP contribution is -2.38. The number of piperidine rings is 1. The van der Waals surface area contributed by atoms with Crippen molar-refractivity contribution in [3.8, 4) is 0 Å². The van der Waals surface area contributed by atoms with E-state index in [1.54, 1.807) is 12.4 Å². The summed E-state index contributed by atoms with van der Waals surface area (Å²) in [5.41, 5.74) is 7.62. The van der Waals surface area contributed by atoms with E-state index in [2.05, 4.69) is 42.4 Å². The summed E-state index contributed by atoms with van der Waals surface area (Å²) in [6.45, 7) is 5.74. The second-order valence-electron chi connectivity index (χ2n) is 9.29. The third-order valence-corrected chi connectivity index (χ3v) is 7.07. The number of benzene rings is 1. The van der Waals surface area contributed by atoms with Crippen LogP contribution in [-0.4, -0.2) is 34.9 Å². The summed E-state index contributed by atoms with van der Waals surface area (Å²) in [6.07, 6.45) is 12.8. The summed E-state index contributed by atoms with van der Waals surface area (Å²) >= 11 is 12.7. The molecule has 1 amide bonds. The highest BCUT2D eigenvalue weighted by Crippen LogP contribution is 2.40. The molecule has 0 radical (unpaired) electrons. The van der Waals surface area contributed by atoms with Gasteiger partial charge in [0.15, 0.2) is 0 Å². The van der Waals surface area contributed by atoms with Gasteiger partial charge in [-0.25, -0.2) is 0 Å². The molecule has 0 saturated carbocycles. The van der Waals surface area contributed by atoms with E-state index in [1.165, 1.54) is 34.3 Å². The molecule has 1 aromatic carbocycles. The van der Waals surface area contributed by atoms with Crippen molar-refractivity contribution in [3.63, 3.8) is 0 Å². The first-order valence-corrected chi connectivity index (χ1v) is 13.2. The molecule has 0 spiro atoms. The Labute approximate surface area is 218 Å². The summed E-state index contributed by atoms with van der Waals surface area (Å²) in [5.74, 6) is 0.180. The second-order valence-corrected chi connectivity index (χ2v) is 10.2. The molecule has 184 valence electrons. The highest BCUT2D eigenvalue weighted by molar-refractivity contribution is 6.31. The van der Waals surface area contributed by atoms with E-state index in [1.807, 2.05) is 29.3 Å². The fraction of sp³-hybridized carbons (Fsp3) is 0.379. The number of nitrogens with zero attached hydrogens (tertiary/aromatic N) is 2. The van der Waals surface area contributed by atoms with Gasteiger partial charge in [-0.2, -0.15) is 0 Å². The molecule has 5 rings (SSSR count). The van der Waals surface area contributed by atoms with Crippen LogP contribution in [0.25, 0.3) is 5.57 Å². The number of fused-ring (bicyclic) bond motifs is 2. The predicted molar refractivity (Wildman–Crippen MR) is 145 cm³/mol. The molecule has 1 unspecified atom stereocenters. The number of halogens is 2. The van der Waals surface area contributed by atoms with E-state index in [-0.39, 0.29) is 11.9 Å². The molecule has 4 nitrogen and oxygen atoms in total. The van der Waals surface area contributed by atoms with E-state index in [4.69, 9.17) is 23.2 Å². The fourth-order valence-electron chi connectivity index (χ4n) is 5.00. The summed E-state index contributed by atoms with van der Waals surface area (Å²) in [4.78, 5) is 18.9. The normalized spacial score (nSPS) is 19.2. The van der Waals surface area contributed by atoms with Crippen molar-refractivity contribution in [1.29, 1.82) is 0 Å². The van der Waals surface area contributed by atoms with Crippen molar-refractivity contribution < 1.29 is 4.79 Å². The van der Waals surface area contributed by atoms with Gasteiger partial charge in [0.1, 0.15) is 0 Å². The van der Waals surface area contributed by atoms with Gasteiger partial charge in [-0.3, -0.25) is 9.78 Å². The Morgan fingerprint density at radius 3 is 2.49 bits per heavy atom. The van der Waals surface area contributed by atoms with Gasteiger partial charge in [0, 0.05) is 36.7 Å². The van der Waals surface area contributed by atoms with Crippen LogP contribution in [0.5, 0.6) is 0 Å². The van der Waals surface area contributed by atoms with Gasteiger partial charge in [-0.1, -0.05) is 55.1 Å². The van der Waals surface area contributed by atoms with Crippen LogP contribution in [0.15, 0.2) is 71.2 Å². The maximum Gasteiger partial charge on any atom is 0.227 e. The molecule has 1 atom stereocenters. The van der Waals surface area contributed by atoms with Gasteiger partial charge in [-0.05, 0) is 83.9 Å². The minimum absolute atomic E-state index is 0.119. The Bertz CT molecular complexity index is 1140. The smallest absolute Gasteiger partial charge is 0.227 e. The second kappa shape index (κ2) is 11.9. The number of dihydropyridines is 1. The molecule has 1 N–H and O–H groups in total. The minimum atomic E-state index is 0.119. The van der Waals surface area contributed by atoms with Crippen LogP contribution >= 0.6 is 23.2 Å². The van der Waals surface area contributed by atoms with E-state index in [0.29, 0.717) is 6.42 Å². The Morgan fingerprint density at radius 1 is 1.06 bits per heavy atom. The number of carbonyl (C=O) groups excluding carboxylic acids is 1. The molecule has 35 heavy (non-hydrogen) atoms. The van der Waals surface area contributed by atoms with Gasteiger partial charge in [-0.15, -0.1) is 0 Å². The monoisotopic (exact) mass is 509 g/mol. The Hall–Kier alpha value is -2.56. The average molecular weight is 511 g/mol. The molecule has 1 saturated heterocycles. The lowest BCUT2D eigenvalue weighted by molar-refractivity contribution is -0.130. The lowest BCUT2D eigenvalue weighted by atomic mass is 9.85. The number of hydrogen-bond acceptors (Lipinski definition) is 3. The molecule has 0 bridgehead atoms. The maximum atomic E-state index is 12.8. The van der Waals surface area contributed by atoms with E-state index >= 15 is 0 Å². The predicted octanol–water partition coefficient (Wildman–Crippen LogP) is 6.69. The first-order chi connectivity index (χ1) is 17.0. The third-order valence-electron chi connectivity index (χ3n) is 6.62. The molecule has 3 aliphatic rings. The number of pyridine rings is 1. The third kappa shape index (κ3) is 6.17. The Morgan fingerprint density at radius 2 is 1.77 bits per heavy atom. The van der Waals surface area contributed by atoms with Crippen LogP contribution in [0.3, 0.4) is 0 Å². The average Bonchev–Trinajstić information content (AvgIpc) is 3.01. The number of aryl methyl sites for hydroxylation is 1. The van der Waals surface area contributed by atoms with Crippen molar-refractivity contribution in [2.24, 2.45) is 0 Å². The molecule has 2 aliphatic heterocycles. The van der Waals surface area contributed by atoms with Crippen molar-refractivity contribution >= 4 is 34.7 Å². The van der Waals surface area contributed by atoms with Gasteiger partial charge < -0.3 is 10.2 Å². The zero-order valence-electron chi connectivity index (χ0n) is 20.5. The van der Waals surface area contributed by atoms with Gasteiger partial charge in [0.05, 0.1) is 17.5 Å². The van der Waals surface area contributed by atoms with Gasteiger partial charge in [0.2, 0.25) is 5.91 Å². The van der Waals surface area contributed by atoms with Crippen molar-refractivity contribution in [3.05, 3.63) is 92.9 Å². The SMILES string of the molecule is CCC.O=C(Cc1ccncc1)N1CCC(=C2c3ccc(Cl)cc3CCC3=CC(Cl)=CNC32)CC1. The largest absolute Gasteiger partial charge is 0.379 e. The zero-order chi connectivity index (χ0) is 24.8. The van der Waals surface area contributed by atoms with Crippen molar-refractivity contribution in [1.82, 2.24) is 15.2 Å². The van der Waals surface area contributed by atoms with Crippen LogP contribution in [0.1, 0.15) is 56.2 Å². The Kier molecular flexibility index (Phi) is 8.69. The number of likely N-dealkylation sites (tertiary alicyclic amines) is 1. The van der Waals surface area contributed by atoms with Gasteiger partial charge in [0.25, 0.3) is 0 Å². The molecule has 2 aromatic rings. The minimum Gasteiger partial charge on any atom is -0.379 e.